The fourth-order valence-corrected chi connectivity index (χ4v) is 2.28. The van der Waals surface area contributed by atoms with Crippen LogP contribution in [0.3, 0.4) is 0 Å². The molecule has 0 atom stereocenters. The average molecular weight is 314 g/mol. The van der Waals surface area contributed by atoms with Crippen molar-refractivity contribution in [2.45, 2.75) is 13.0 Å². The molecule has 0 saturated heterocycles. The van der Waals surface area contributed by atoms with Crippen molar-refractivity contribution in [3.63, 3.8) is 0 Å². The second-order valence-electron chi connectivity index (χ2n) is 5.08. The van der Waals surface area contributed by atoms with Crippen molar-refractivity contribution in [3.05, 3.63) is 59.2 Å². The summed E-state index contributed by atoms with van der Waals surface area (Å²) in [5.74, 6) is 1.45. The minimum absolute atomic E-state index is 0.101. The number of amides is 1. The zero-order chi connectivity index (χ0) is 16.7. The lowest BCUT2D eigenvalue weighted by Gasteiger charge is -2.11. The predicted octanol–water partition coefficient (Wildman–Crippen LogP) is 2.13. The lowest BCUT2D eigenvalue weighted by atomic mass is 10.1. The van der Waals surface area contributed by atoms with Crippen LogP contribution < -0.4 is 20.5 Å². The Morgan fingerprint density at radius 3 is 2.43 bits per heavy atom. The molecule has 0 fully saturated rings. The molecule has 1 amide bonds. The molecule has 2 aromatic rings. The van der Waals surface area contributed by atoms with Gasteiger partial charge in [0.25, 0.3) is 5.91 Å². The van der Waals surface area contributed by atoms with Gasteiger partial charge in [-0.15, -0.1) is 0 Å². The van der Waals surface area contributed by atoms with Gasteiger partial charge in [-0.2, -0.15) is 0 Å². The van der Waals surface area contributed by atoms with Crippen LogP contribution in [0.5, 0.6) is 11.5 Å². The molecule has 0 heterocycles. The van der Waals surface area contributed by atoms with Gasteiger partial charge in [0, 0.05) is 18.7 Å². The highest BCUT2D eigenvalue weighted by Gasteiger charge is 2.08. The Balaban J connectivity index is 1.94. The number of nitrogens with one attached hydrogen (secondary N) is 1. The zero-order valence-electron chi connectivity index (χ0n) is 13.5. The van der Waals surface area contributed by atoms with E-state index in [1.807, 2.05) is 30.3 Å². The number of carbonyl (C=O) groups excluding carboxylic acids is 1. The van der Waals surface area contributed by atoms with Crippen LogP contribution in [-0.4, -0.2) is 26.7 Å². The first-order valence-corrected chi connectivity index (χ1v) is 7.46. The first kappa shape index (κ1) is 16.8. The van der Waals surface area contributed by atoms with E-state index in [1.165, 1.54) is 0 Å². The third kappa shape index (κ3) is 4.47. The highest BCUT2D eigenvalue weighted by atomic mass is 16.5. The van der Waals surface area contributed by atoms with Gasteiger partial charge in [0.15, 0.2) is 0 Å². The molecule has 0 aromatic heterocycles. The van der Waals surface area contributed by atoms with Crippen molar-refractivity contribution >= 4 is 5.91 Å². The van der Waals surface area contributed by atoms with E-state index in [0.717, 1.165) is 22.6 Å². The van der Waals surface area contributed by atoms with Crippen LogP contribution in [-0.2, 0) is 13.0 Å². The molecule has 3 N–H and O–H groups in total. The molecule has 0 spiro atoms. The summed E-state index contributed by atoms with van der Waals surface area (Å²) in [5.41, 5.74) is 8.17. The van der Waals surface area contributed by atoms with Crippen LogP contribution in [0.1, 0.15) is 21.5 Å². The number of ether oxygens (including phenoxy) is 2. The molecule has 5 heteroatoms. The summed E-state index contributed by atoms with van der Waals surface area (Å²) in [5, 5.41) is 2.91. The van der Waals surface area contributed by atoms with Crippen molar-refractivity contribution in [1.29, 1.82) is 0 Å². The molecule has 122 valence electrons. The maximum Gasteiger partial charge on any atom is 0.251 e. The maximum atomic E-state index is 12.1. The van der Waals surface area contributed by atoms with Gasteiger partial charge in [-0.3, -0.25) is 4.79 Å². The van der Waals surface area contributed by atoms with Crippen LogP contribution in [0.4, 0.5) is 0 Å². The van der Waals surface area contributed by atoms with E-state index in [2.05, 4.69) is 5.32 Å². The predicted molar refractivity (Wildman–Crippen MR) is 89.9 cm³/mol. The Bertz CT molecular complexity index is 654. The van der Waals surface area contributed by atoms with E-state index in [1.54, 1.807) is 26.4 Å². The van der Waals surface area contributed by atoms with Gasteiger partial charge in [0.2, 0.25) is 0 Å². The summed E-state index contributed by atoms with van der Waals surface area (Å²) >= 11 is 0. The Hall–Kier alpha value is -2.53. The van der Waals surface area contributed by atoms with E-state index >= 15 is 0 Å². The number of rotatable bonds is 7. The first-order chi connectivity index (χ1) is 11.2. The maximum absolute atomic E-state index is 12.1. The SMILES string of the molecule is COc1ccc(OC)c(CCNC(=O)c2ccc(CN)cc2)c1. The van der Waals surface area contributed by atoms with Crippen LogP contribution in [0, 0.1) is 0 Å². The molecular formula is C18H22N2O3. The quantitative estimate of drug-likeness (QED) is 0.821. The summed E-state index contributed by atoms with van der Waals surface area (Å²) in [4.78, 5) is 12.1. The lowest BCUT2D eigenvalue weighted by molar-refractivity contribution is 0.0954. The van der Waals surface area contributed by atoms with Crippen LogP contribution >= 0.6 is 0 Å². The van der Waals surface area contributed by atoms with Crippen molar-refractivity contribution in [2.75, 3.05) is 20.8 Å². The molecule has 23 heavy (non-hydrogen) atoms. The summed E-state index contributed by atoms with van der Waals surface area (Å²) in [6.45, 7) is 0.985. The molecule has 0 aliphatic rings. The van der Waals surface area contributed by atoms with Gasteiger partial charge in [-0.05, 0) is 47.9 Å². The van der Waals surface area contributed by atoms with Crippen LogP contribution in [0.15, 0.2) is 42.5 Å². The molecular weight excluding hydrogens is 292 g/mol. The molecule has 0 bridgehead atoms. The highest BCUT2D eigenvalue weighted by Crippen LogP contribution is 2.24. The summed E-state index contributed by atoms with van der Waals surface area (Å²) < 4.78 is 10.6. The molecule has 0 radical (unpaired) electrons. The number of hydrogen-bond donors (Lipinski definition) is 2. The van der Waals surface area contributed by atoms with E-state index in [-0.39, 0.29) is 5.91 Å². The van der Waals surface area contributed by atoms with E-state index < -0.39 is 0 Å². The molecule has 5 nitrogen and oxygen atoms in total. The molecule has 0 aliphatic carbocycles. The lowest BCUT2D eigenvalue weighted by Crippen LogP contribution is -2.25. The highest BCUT2D eigenvalue weighted by molar-refractivity contribution is 5.94. The van der Waals surface area contributed by atoms with Crippen molar-refractivity contribution in [2.24, 2.45) is 5.73 Å². The first-order valence-electron chi connectivity index (χ1n) is 7.46. The number of benzene rings is 2. The second kappa shape index (κ2) is 8.19. The van der Waals surface area contributed by atoms with Crippen molar-refractivity contribution < 1.29 is 14.3 Å². The van der Waals surface area contributed by atoms with Gasteiger partial charge in [0.05, 0.1) is 14.2 Å². The molecule has 2 rings (SSSR count). The third-order valence-electron chi connectivity index (χ3n) is 3.62. The second-order valence-corrected chi connectivity index (χ2v) is 5.08. The van der Waals surface area contributed by atoms with Gasteiger partial charge >= 0.3 is 0 Å². The minimum atomic E-state index is -0.101. The number of hydrogen-bond acceptors (Lipinski definition) is 4. The smallest absolute Gasteiger partial charge is 0.251 e. The Morgan fingerprint density at radius 2 is 1.83 bits per heavy atom. The van der Waals surface area contributed by atoms with Gasteiger partial charge in [-0.1, -0.05) is 12.1 Å². The van der Waals surface area contributed by atoms with Gasteiger partial charge in [0.1, 0.15) is 11.5 Å². The topological polar surface area (TPSA) is 73.6 Å². The fourth-order valence-electron chi connectivity index (χ4n) is 2.28. The van der Waals surface area contributed by atoms with Crippen LogP contribution in [0.25, 0.3) is 0 Å². The summed E-state index contributed by atoms with van der Waals surface area (Å²) in [7, 11) is 3.25. The molecule has 0 unspecified atom stereocenters. The number of carbonyl (C=O) groups is 1. The van der Waals surface area contributed by atoms with E-state index in [0.29, 0.717) is 25.1 Å². The van der Waals surface area contributed by atoms with Crippen molar-refractivity contribution in [3.8, 4) is 11.5 Å². The average Bonchev–Trinajstić information content (AvgIpc) is 2.61. The molecule has 0 aliphatic heterocycles. The largest absolute Gasteiger partial charge is 0.497 e. The number of nitrogens with two attached hydrogens (primary N) is 1. The molecule has 2 aromatic carbocycles. The summed E-state index contributed by atoms with van der Waals surface area (Å²) in [6.07, 6.45) is 0.660. The van der Waals surface area contributed by atoms with E-state index in [4.69, 9.17) is 15.2 Å². The number of methoxy groups -OCH3 is 2. The summed E-state index contributed by atoms with van der Waals surface area (Å²) in [6, 6.07) is 12.9. The fraction of sp³-hybridized carbons (Fsp3) is 0.278. The van der Waals surface area contributed by atoms with Gasteiger partial charge < -0.3 is 20.5 Å². The standard InChI is InChI=1S/C18H22N2O3/c1-22-16-7-8-17(23-2)15(11-16)9-10-20-18(21)14-5-3-13(12-19)4-6-14/h3-8,11H,9-10,12,19H2,1-2H3,(H,20,21). The van der Waals surface area contributed by atoms with Gasteiger partial charge in [-0.25, -0.2) is 0 Å². The van der Waals surface area contributed by atoms with Crippen LogP contribution in [0.2, 0.25) is 0 Å². The normalized spacial score (nSPS) is 10.2. The zero-order valence-corrected chi connectivity index (χ0v) is 13.5. The minimum Gasteiger partial charge on any atom is -0.497 e. The Kier molecular flexibility index (Phi) is 6.00. The molecule has 0 saturated carbocycles. The monoisotopic (exact) mass is 314 g/mol. The van der Waals surface area contributed by atoms with Crippen molar-refractivity contribution in [1.82, 2.24) is 5.32 Å². The van der Waals surface area contributed by atoms with E-state index in [9.17, 15) is 4.79 Å². The Labute approximate surface area is 136 Å². The third-order valence-corrected chi connectivity index (χ3v) is 3.62. The Morgan fingerprint density at radius 1 is 1.09 bits per heavy atom.